The number of rotatable bonds is 2. The van der Waals surface area contributed by atoms with Crippen molar-refractivity contribution in [3.8, 4) is 22.8 Å². The quantitative estimate of drug-likeness (QED) is 0.741. The fraction of sp³-hybridized carbons (Fsp3) is 0.400. The first-order valence-corrected chi connectivity index (χ1v) is 8.98. The minimum absolute atomic E-state index is 0.251. The van der Waals surface area contributed by atoms with Crippen LogP contribution in [0.2, 0.25) is 0 Å². The zero-order valence-electron chi connectivity index (χ0n) is 14.9. The monoisotopic (exact) mass is 351 g/mol. The van der Waals surface area contributed by atoms with E-state index in [0.29, 0.717) is 18.7 Å². The molecule has 26 heavy (non-hydrogen) atoms. The third kappa shape index (κ3) is 2.22. The first-order chi connectivity index (χ1) is 12.4. The van der Waals surface area contributed by atoms with Crippen molar-refractivity contribution in [1.82, 2.24) is 14.8 Å². The zero-order valence-corrected chi connectivity index (χ0v) is 14.9. The number of fused-ring (bicyclic) bond motifs is 2. The number of hydrogen-bond donors (Lipinski definition) is 2. The van der Waals surface area contributed by atoms with Gasteiger partial charge in [-0.25, -0.2) is 0 Å². The van der Waals surface area contributed by atoms with Crippen LogP contribution in [0.15, 0.2) is 24.4 Å². The molecule has 134 valence electrons. The first-order valence-electron chi connectivity index (χ1n) is 8.98. The lowest BCUT2D eigenvalue weighted by Gasteiger charge is -2.41. The molecule has 0 amide bonds. The molecule has 6 nitrogen and oxygen atoms in total. The molecule has 0 spiro atoms. The number of hydrogen-bond acceptors (Lipinski definition) is 5. The van der Waals surface area contributed by atoms with E-state index in [1.165, 1.54) is 0 Å². The number of phenolic OH excluding ortho intramolecular Hbond substituents is 1. The van der Waals surface area contributed by atoms with Crippen molar-refractivity contribution in [2.24, 2.45) is 0 Å². The summed E-state index contributed by atoms with van der Waals surface area (Å²) in [6.45, 7) is 4.41. The van der Waals surface area contributed by atoms with Gasteiger partial charge in [0, 0.05) is 35.2 Å². The Balaban J connectivity index is 1.58. The summed E-state index contributed by atoms with van der Waals surface area (Å²) < 4.78 is 7.66. The smallest absolute Gasteiger partial charge is 0.162 e. The number of nitrogens with zero attached hydrogens (tertiary/aromatic N) is 3. The van der Waals surface area contributed by atoms with Gasteiger partial charge in [0.05, 0.1) is 17.9 Å². The second-order valence-electron chi connectivity index (χ2n) is 7.78. The summed E-state index contributed by atoms with van der Waals surface area (Å²) >= 11 is 0. The molecule has 0 radical (unpaired) electrons. The highest BCUT2D eigenvalue weighted by molar-refractivity contribution is 5.83. The largest absolute Gasteiger partial charge is 0.507 e. The van der Waals surface area contributed by atoms with Crippen molar-refractivity contribution < 1.29 is 14.9 Å². The molecule has 2 N–H and O–H groups in total. The highest BCUT2D eigenvalue weighted by Gasteiger charge is 2.39. The maximum Gasteiger partial charge on any atom is 0.162 e. The van der Waals surface area contributed by atoms with E-state index in [4.69, 9.17) is 4.74 Å². The third-order valence-corrected chi connectivity index (χ3v) is 5.63. The molecule has 1 saturated carbocycles. The topological polar surface area (TPSA) is 80.4 Å². The standard InChI is InChI=1S/C20H21N3O3/c1-11-7-16-14(4-6-26-16)18(24)17(11)15-8-12-3-5-23(19(12)22-21-15)13-9-20(2,25)10-13/h3,5,7-8,13,24-25H,4,6,9-10H2,1-2H3. The maximum absolute atomic E-state index is 10.7. The average molecular weight is 351 g/mol. The summed E-state index contributed by atoms with van der Waals surface area (Å²) in [4.78, 5) is 0. The molecule has 1 aromatic carbocycles. The molecule has 3 heterocycles. The lowest BCUT2D eigenvalue weighted by molar-refractivity contribution is -0.0498. The normalized spacial score (nSPS) is 24.3. The van der Waals surface area contributed by atoms with E-state index in [9.17, 15) is 10.2 Å². The molecule has 1 aliphatic heterocycles. The van der Waals surface area contributed by atoms with Crippen molar-refractivity contribution in [2.45, 2.75) is 44.8 Å². The molecule has 0 atom stereocenters. The van der Waals surface area contributed by atoms with Gasteiger partial charge in [-0.2, -0.15) is 0 Å². The Bertz CT molecular complexity index is 1030. The molecular formula is C20H21N3O3. The fourth-order valence-electron chi connectivity index (χ4n) is 4.29. The molecule has 5 rings (SSSR count). The van der Waals surface area contributed by atoms with Gasteiger partial charge in [0.2, 0.25) is 0 Å². The van der Waals surface area contributed by atoms with Gasteiger partial charge in [0.25, 0.3) is 0 Å². The van der Waals surface area contributed by atoms with E-state index in [1.54, 1.807) is 0 Å². The van der Waals surface area contributed by atoms with Gasteiger partial charge in [0.15, 0.2) is 5.65 Å². The molecule has 2 aromatic heterocycles. The number of ether oxygens (including phenoxy) is 1. The van der Waals surface area contributed by atoms with Gasteiger partial charge < -0.3 is 19.5 Å². The SMILES string of the molecule is Cc1cc2c(c(O)c1-c1cc3ccn(C4CC(C)(O)C4)c3nn1)CCO2. The predicted octanol–water partition coefficient (Wildman–Crippen LogP) is 3.13. The number of benzene rings is 1. The highest BCUT2D eigenvalue weighted by atomic mass is 16.5. The zero-order chi connectivity index (χ0) is 18.1. The van der Waals surface area contributed by atoms with E-state index >= 15 is 0 Å². The minimum atomic E-state index is -0.579. The van der Waals surface area contributed by atoms with Crippen LogP contribution in [-0.2, 0) is 6.42 Å². The number of aromatic nitrogens is 3. The van der Waals surface area contributed by atoms with Crippen LogP contribution in [0.5, 0.6) is 11.5 Å². The number of aromatic hydroxyl groups is 1. The van der Waals surface area contributed by atoms with Crippen LogP contribution in [-0.4, -0.2) is 37.2 Å². The lowest BCUT2D eigenvalue weighted by Crippen LogP contribution is -2.41. The van der Waals surface area contributed by atoms with Gasteiger partial charge in [0.1, 0.15) is 11.5 Å². The van der Waals surface area contributed by atoms with Gasteiger partial charge in [-0.15, -0.1) is 10.2 Å². The van der Waals surface area contributed by atoms with Crippen LogP contribution in [0.3, 0.4) is 0 Å². The van der Waals surface area contributed by atoms with Crippen LogP contribution in [0.4, 0.5) is 0 Å². The van der Waals surface area contributed by atoms with Crippen molar-refractivity contribution in [2.75, 3.05) is 6.61 Å². The molecule has 1 fully saturated rings. The Morgan fingerprint density at radius 2 is 2.08 bits per heavy atom. The molecule has 1 aliphatic carbocycles. The van der Waals surface area contributed by atoms with Crippen LogP contribution >= 0.6 is 0 Å². The summed E-state index contributed by atoms with van der Waals surface area (Å²) in [6.07, 6.45) is 4.17. The summed E-state index contributed by atoms with van der Waals surface area (Å²) in [7, 11) is 0. The predicted molar refractivity (Wildman–Crippen MR) is 97.5 cm³/mol. The Morgan fingerprint density at radius 1 is 1.27 bits per heavy atom. The second-order valence-corrected chi connectivity index (χ2v) is 7.78. The second kappa shape index (κ2) is 5.20. The molecular weight excluding hydrogens is 330 g/mol. The first kappa shape index (κ1) is 15.6. The summed E-state index contributed by atoms with van der Waals surface area (Å²) in [5.74, 6) is 1.02. The van der Waals surface area contributed by atoms with Crippen LogP contribution in [0, 0.1) is 6.92 Å². The molecule has 0 bridgehead atoms. The molecule has 0 unspecified atom stereocenters. The summed E-state index contributed by atoms with van der Waals surface area (Å²) in [5, 5.41) is 30.5. The van der Waals surface area contributed by atoms with Gasteiger partial charge in [-0.05, 0) is 50.5 Å². The fourth-order valence-corrected chi connectivity index (χ4v) is 4.29. The average Bonchev–Trinajstić information content (AvgIpc) is 3.18. The van der Waals surface area contributed by atoms with Crippen molar-refractivity contribution in [3.05, 3.63) is 35.5 Å². The lowest BCUT2D eigenvalue weighted by atomic mass is 9.77. The van der Waals surface area contributed by atoms with Gasteiger partial charge >= 0.3 is 0 Å². The van der Waals surface area contributed by atoms with E-state index in [-0.39, 0.29) is 11.8 Å². The number of aryl methyl sites for hydroxylation is 1. The van der Waals surface area contributed by atoms with Crippen molar-refractivity contribution in [1.29, 1.82) is 0 Å². The number of phenols is 1. The van der Waals surface area contributed by atoms with E-state index in [1.807, 2.05) is 38.2 Å². The van der Waals surface area contributed by atoms with Crippen LogP contribution < -0.4 is 4.74 Å². The van der Waals surface area contributed by atoms with E-state index in [2.05, 4.69) is 14.8 Å². The third-order valence-electron chi connectivity index (χ3n) is 5.63. The van der Waals surface area contributed by atoms with E-state index < -0.39 is 5.60 Å². The van der Waals surface area contributed by atoms with Gasteiger partial charge in [-0.3, -0.25) is 0 Å². The maximum atomic E-state index is 10.7. The van der Waals surface area contributed by atoms with Gasteiger partial charge in [-0.1, -0.05) is 0 Å². The van der Waals surface area contributed by atoms with Crippen LogP contribution in [0.1, 0.15) is 36.9 Å². The number of aliphatic hydroxyl groups is 1. The highest BCUT2D eigenvalue weighted by Crippen LogP contribution is 2.44. The van der Waals surface area contributed by atoms with Crippen LogP contribution in [0.25, 0.3) is 22.3 Å². The van der Waals surface area contributed by atoms with Crippen molar-refractivity contribution in [3.63, 3.8) is 0 Å². The Labute approximate surface area is 151 Å². The molecule has 6 heteroatoms. The Kier molecular flexibility index (Phi) is 3.13. The molecule has 2 aliphatic rings. The Hall–Kier alpha value is -2.60. The van der Waals surface area contributed by atoms with E-state index in [0.717, 1.165) is 46.3 Å². The summed E-state index contributed by atoms with van der Waals surface area (Å²) in [5.41, 5.74) is 3.40. The summed E-state index contributed by atoms with van der Waals surface area (Å²) in [6, 6.07) is 6.21. The molecule has 0 saturated heterocycles. The molecule has 3 aromatic rings. The minimum Gasteiger partial charge on any atom is -0.507 e. The Morgan fingerprint density at radius 3 is 2.85 bits per heavy atom. The van der Waals surface area contributed by atoms with Crippen molar-refractivity contribution >= 4 is 11.0 Å².